The molecule has 5 rings (SSSR count). The van der Waals surface area contributed by atoms with Crippen molar-refractivity contribution >= 4 is 34.5 Å². The smallest absolute Gasteiger partial charge is 0.252 e. The van der Waals surface area contributed by atoms with Crippen LogP contribution in [0.4, 0.5) is 10.2 Å². The highest BCUT2D eigenvalue weighted by Gasteiger charge is 2.47. The summed E-state index contributed by atoms with van der Waals surface area (Å²) in [6, 6.07) is 4.57. The quantitative estimate of drug-likeness (QED) is 0.276. The van der Waals surface area contributed by atoms with Gasteiger partial charge in [0.05, 0.1) is 24.8 Å². The zero-order valence-electron chi connectivity index (χ0n) is 19.4. The number of nitrogens with one attached hydrogen (secondary N) is 2. The molecule has 1 aliphatic heterocycles. The Balaban J connectivity index is 1.56. The van der Waals surface area contributed by atoms with Crippen molar-refractivity contribution in [2.24, 2.45) is 0 Å². The van der Waals surface area contributed by atoms with Crippen LogP contribution in [0.2, 0.25) is 5.02 Å². The fourth-order valence-electron chi connectivity index (χ4n) is 3.99. The molecule has 4 aromatic rings. The Morgan fingerprint density at radius 1 is 1.22 bits per heavy atom. The molecule has 5 heterocycles. The average molecular weight is 529 g/mol. The Labute approximate surface area is 214 Å². The topological polar surface area (TPSA) is 160 Å². The Morgan fingerprint density at radius 3 is 2.81 bits per heavy atom. The SMILES string of the molecule is CCNC(=O)[C@H]1O[C@@H](n2cnc3c(NCc4cc(Cl)ccn4)nc(-c4cncc(F)c4)nc32)[C@H](O)C1O. The number of amides is 1. The van der Waals surface area contributed by atoms with Gasteiger partial charge in [0.1, 0.15) is 18.0 Å². The van der Waals surface area contributed by atoms with E-state index in [0.717, 1.165) is 6.20 Å². The van der Waals surface area contributed by atoms with Gasteiger partial charge in [-0.15, -0.1) is 0 Å². The molecule has 37 heavy (non-hydrogen) atoms. The molecule has 1 saturated heterocycles. The van der Waals surface area contributed by atoms with Gasteiger partial charge in [0.15, 0.2) is 35.1 Å². The third-order valence-corrected chi connectivity index (χ3v) is 5.96. The summed E-state index contributed by atoms with van der Waals surface area (Å²) in [4.78, 5) is 33.9. The Morgan fingerprint density at radius 2 is 2.05 bits per heavy atom. The standard InChI is InChI=1S/C23H22ClFN8O4/c1-2-27-22(36)18-16(34)17(35)23(37-18)33-10-30-15-20(29-9-14-6-12(24)3-4-28-14)31-19(32-21(15)33)11-5-13(25)8-26-7-11/h3-8,10,16-18,23,34-35H,2,9H2,1H3,(H,27,36)(H,29,31,32)/t16?,17-,18+,23-/m1/s1. The van der Waals surface area contributed by atoms with E-state index in [1.54, 1.807) is 25.3 Å². The minimum atomic E-state index is -1.48. The summed E-state index contributed by atoms with van der Waals surface area (Å²) in [5.41, 5.74) is 1.45. The predicted octanol–water partition coefficient (Wildman–Crippen LogP) is 1.44. The maximum Gasteiger partial charge on any atom is 0.252 e. The van der Waals surface area contributed by atoms with Gasteiger partial charge in [-0.2, -0.15) is 0 Å². The summed E-state index contributed by atoms with van der Waals surface area (Å²) in [6.45, 7) is 2.29. The first-order valence-electron chi connectivity index (χ1n) is 11.3. The first-order chi connectivity index (χ1) is 17.9. The van der Waals surface area contributed by atoms with Crippen molar-refractivity contribution in [2.45, 2.75) is 38.0 Å². The molecule has 0 aliphatic carbocycles. The molecule has 4 N–H and O–H groups in total. The maximum atomic E-state index is 13.9. The monoisotopic (exact) mass is 528 g/mol. The molecule has 0 aromatic carbocycles. The number of likely N-dealkylation sites (N-methyl/N-ethyl adjacent to an activating group) is 1. The lowest BCUT2D eigenvalue weighted by Gasteiger charge is -2.17. The van der Waals surface area contributed by atoms with E-state index in [0.29, 0.717) is 28.3 Å². The molecule has 192 valence electrons. The molecule has 1 fully saturated rings. The Bertz CT molecular complexity index is 1450. The molecule has 4 atom stereocenters. The number of halogens is 2. The average Bonchev–Trinajstić information content (AvgIpc) is 3.43. The number of pyridine rings is 2. The Hall–Kier alpha value is -3.78. The van der Waals surface area contributed by atoms with E-state index in [1.165, 1.54) is 23.2 Å². The minimum Gasteiger partial charge on any atom is -0.387 e. The van der Waals surface area contributed by atoms with Gasteiger partial charge >= 0.3 is 0 Å². The van der Waals surface area contributed by atoms with Gasteiger partial charge in [0, 0.05) is 29.5 Å². The molecular formula is C23H22ClFN8O4. The van der Waals surface area contributed by atoms with Gasteiger partial charge in [-0.25, -0.2) is 19.3 Å². The van der Waals surface area contributed by atoms with Crippen molar-refractivity contribution in [1.82, 2.24) is 34.8 Å². The van der Waals surface area contributed by atoms with Crippen LogP contribution >= 0.6 is 11.6 Å². The molecule has 0 saturated carbocycles. The molecule has 12 nitrogen and oxygen atoms in total. The van der Waals surface area contributed by atoms with E-state index in [9.17, 15) is 19.4 Å². The molecule has 0 spiro atoms. The van der Waals surface area contributed by atoms with Crippen molar-refractivity contribution in [2.75, 3.05) is 11.9 Å². The molecule has 1 unspecified atom stereocenters. The normalized spacial score (nSPS) is 21.3. The number of fused-ring (bicyclic) bond motifs is 1. The number of rotatable bonds is 7. The lowest BCUT2D eigenvalue weighted by Crippen LogP contribution is -2.42. The highest BCUT2D eigenvalue weighted by molar-refractivity contribution is 6.30. The molecule has 0 radical (unpaired) electrons. The molecule has 4 aromatic heterocycles. The summed E-state index contributed by atoms with van der Waals surface area (Å²) >= 11 is 6.06. The number of hydrogen-bond donors (Lipinski definition) is 4. The van der Waals surface area contributed by atoms with Gasteiger partial charge in [-0.05, 0) is 25.1 Å². The third kappa shape index (κ3) is 4.93. The third-order valence-electron chi connectivity index (χ3n) is 5.72. The molecule has 1 amide bonds. The Kier molecular flexibility index (Phi) is 6.93. The number of aliphatic hydroxyl groups is 2. The summed E-state index contributed by atoms with van der Waals surface area (Å²) in [7, 11) is 0. The number of hydrogen-bond acceptors (Lipinski definition) is 10. The van der Waals surface area contributed by atoms with Crippen molar-refractivity contribution in [3.8, 4) is 11.4 Å². The molecule has 1 aliphatic rings. The summed E-state index contributed by atoms with van der Waals surface area (Å²) in [5.74, 6) is -0.720. The summed E-state index contributed by atoms with van der Waals surface area (Å²) in [5, 5.41) is 27.4. The number of ether oxygens (including phenoxy) is 1. The van der Waals surface area contributed by atoms with E-state index in [-0.39, 0.29) is 23.8 Å². The highest BCUT2D eigenvalue weighted by Crippen LogP contribution is 2.33. The largest absolute Gasteiger partial charge is 0.387 e. The van der Waals surface area contributed by atoms with E-state index in [4.69, 9.17) is 16.3 Å². The van der Waals surface area contributed by atoms with Crippen LogP contribution in [0.1, 0.15) is 18.8 Å². The number of carbonyl (C=O) groups is 1. The summed E-state index contributed by atoms with van der Waals surface area (Å²) in [6.07, 6.45) is -0.00832. The second-order valence-corrected chi connectivity index (χ2v) is 8.69. The van der Waals surface area contributed by atoms with Crippen LogP contribution in [0.5, 0.6) is 0 Å². The van der Waals surface area contributed by atoms with Crippen LogP contribution in [-0.2, 0) is 16.1 Å². The first-order valence-corrected chi connectivity index (χ1v) is 11.7. The van der Waals surface area contributed by atoms with Crippen molar-refractivity contribution in [3.05, 3.63) is 59.7 Å². The number of aliphatic hydroxyl groups excluding tert-OH is 2. The minimum absolute atomic E-state index is 0.121. The number of carbonyl (C=O) groups excluding carboxylic acids is 1. The van der Waals surface area contributed by atoms with Gasteiger partial charge in [-0.1, -0.05) is 11.6 Å². The predicted molar refractivity (Wildman–Crippen MR) is 130 cm³/mol. The van der Waals surface area contributed by atoms with Gasteiger partial charge in [0.25, 0.3) is 5.91 Å². The van der Waals surface area contributed by atoms with Crippen molar-refractivity contribution < 1.29 is 24.1 Å². The van der Waals surface area contributed by atoms with Crippen LogP contribution in [0, 0.1) is 5.82 Å². The van der Waals surface area contributed by atoms with Crippen molar-refractivity contribution in [1.29, 1.82) is 0 Å². The van der Waals surface area contributed by atoms with Crippen LogP contribution in [-0.4, -0.2) is 70.5 Å². The van der Waals surface area contributed by atoms with Crippen LogP contribution in [0.25, 0.3) is 22.6 Å². The fraction of sp³-hybridized carbons (Fsp3) is 0.304. The first kappa shape index (κ1) is 24.9. The van der Waals surface area contributed by atoms with E-state index >= 15 is 0 Å². The van der Waals surface area contributed by atoms with Crippen molar-refractivity contribution in [3.63, 3.8) is 0 Å². The maximum absolute atomic E-state index is 13.9. The van der Waals surface area contributed by atoms with Crippen LogP contribution < -0.4 is 10.6 Å². The number of imidazole rings is 1. The second-order valence-electron chi connectivity index (χ2n) is 8.25. The molecular weight excluding hydrogens is 507 g/mol. The lowest BCUT2D eigenvalue weighted by molar-refractivity contribution is -0.137. The molecule has 14 heteroatoms. The fourth-order valence-corrected chi connectivity index (χ4v) is 4.17. The van der Waals surface area contributed by atoms with Gasteiger partial charge in [-0.3, -0.25) is 19.3 Å². The van der Waals surface area contributed by atoms with E-state index in [2.05, 4.69) is 35.6 Å². The van der Waals surface area contributed by atoms with E-state index in [1.807, 2.05) is 0 Å². The van der Waals surface area contributed by atoms with Gasteiger partial charge in [0.2, 0.25) is 0 Å². The van der Waals surface area contributed by atoms with E-state index < -0.39 is 36.3 Å². The van der Waals surface area contributed by atoms with Gasteiger partial charge < -0.3 is 25.6 Å². The lowest BCUT2D eigenvalue weighted by atomic mass is 10.1. The zero-order chi connectivity index (χ0) is 26.1. The molecule has 0 bridgehead atoms. The zero-order valence-corrected chi connectivity index (χ0v) is 20.2. The number of anilines is 1. The summed E-state index contributed by atoms with van der Waals surface area (Å²) < 4.78 is 21.0. The number of nitrogens with zero attached hydrogens (tertiary/aromatic N) is 6. The second kappa shape index (κ2) is 10.3. The van der Waals surface area contributed by atoms with Crippen LogP contribution in [0.15, 0.2) is 43.1 Å². The van der Waals surface area contributed by atoms with Crippen LogP contribution in [0.3, 0.4) is 0 Å². The highest BCUT2D eigenvalue weighted by atomic mass is 35.5. The number of aromatic nitrogens is 6.